The van der Waals surface area contributed by atoms with Crippen molar-refractivity contribution in [2.24, 2.45) is 0 Å². The van der Waals surface area contributed by atoms with E-state index in [-0.39, 0.29) is 0 Å². The van der Waals surface area contributed by atoms with Crippen LogP contribution in [0.3, 0.4) is 0 Å². The Morgan fingerprint density at radius 2 is 2.00 bits per heavy atom. The summed E-state index contributed by atoms with van der Waals surface area (Å²) in [6.07, 6.45) is 2.58. The van der Waals surface area contributed by atoms with Gasteiger partial charge < -0.3 is 0 Å². The van der Waals surface area contributed by atoms with Gasteiger partial charge in [-0.2, -0.15) is 12.6 Å². The Labute approximate surface area is 86.9 Å². The highest BCUT2D eigenvalue weighted by molar-refractivity contribution is 9.10. The molecule has 0 saturated heterocycles. The van der Waals surface area contributed by atoms with Gasteiger partial charge in [0, 0.05) is 9.89 Å². The van der Waals surface area contributed by atoms with Crippen LogP contribution >= 0.6 is 28.6 Å². The maximum Gasteiger partial charge on any atom is 0.0213 e. The fourth-order valence-electron chi connectivity index (χ4n) is 1.55. The van der Waals surface area contributed by atoms with Crippen LogP contribution < -0.4 is 0 Å². The average Bonchev–Trinajstić information content (AvgIpc) is 2.86. The first-order valence-corrected chi connectivity index (χ1v) is 5.57. The molecule has 1 fully saturated rings. The molecule has 2 heteroatoms. The van der Waals surface area contributed by atoms with Gasteiger partial charge in [0.1, 0.15) is 0 Å². The lowest BCUT2D eigenvalue weighted by Gasteiger charge is -2.13. The predicted molar refractivity (Wildman–Crippen MR) is 58.9 cm³/mol. The summed E-state index contributed by atoms with van der Waals surface area (Å²) in [5.74, 6) is 0.968. The van der Waals surface area contributed by atoms with Crippen LogP contribution in [-0.2, 0) is 5.41 Å². The van der Waals surface area contributed by atoms with Crippen molar-refractivity contribution in [3.63, 3.8) is 0 Å². The molecule has 0 N–H and O–H groups in total. The van der Waals surface area contributed by atoms with Crippen molar-refractivity contribution in [2.75, 3.05) is 5.75 Å². The average molecular weight is 243 g/mol. The lowest BCUT2D eigenvalue weighted by atomic mass is 9.98. The summed E-state index contributed by atoms with van der Waals surface area (Å²) < 4.78 is 1.23. The molecular formula is C10H11BrS. The van der Waals surface area contributed by atoms with Gasteiger partial charge in [0.05, 0.1) is 0 Å². The Morgan fingerprint density at radius 3 is 2.50 bits per heavy atom. The number of hydrogen-bond donors (Lipinski definition) is 1. The van der Waals surface area contributed by atoms with Crippen molar-refractivity contribution in [1.29, 1.82) is 0 Å². The van der Waals surface area contributed by atoms with Crippen molar-refractivity contribution >= 4 is 28.6 Å². The minimum absolute atomic E-state index is 0.392. The third kappa shape index (κ3) is 1.31. The molecule has 0 bridgehead atoms. The van der Waals surface area contributed by atoms with Gasteiger partial charge in [-0.15, -0.1) is 0 Å². The number of halogens is 1. The number of hydrogen-bond acceptors (Lipinski definition) is 1. The van der Waals surface area contributed by atoms with Gasteiger partial charge in [0.15, 0.2) is 0 Å². The molecule has 1 aliphatic rings. The highest BCUT2D eigenvalue weighted by Crippen LogP contribution is 2.50. The zero-order valence-electron chi connectivity index (χ0n) is 6.76. The van der Waals surface area contributed by atoms with Gasteiger partial charge in [0.25, 0.3) is 0 Å². The Hall–Kier alpha value is 0.0500. The minimum Gasteiger partial charge on any atom is -0.178 e. The van der Waals surface area contributed by atoms with Crippen LogP contribution in [0, 0.1) is 0 Å². The van der Waals surface area contributed by atoms with E-state index in [0.29, 0.717) is 5.41 Å². The van der Waals surface area contributed by atoms with E-state index < -0.39 is 0 Å². The number of rotatable bonds is 2. The largest absolute Gasteiger partial charge is 0.178 e. The van der Waals surface area contributed by atoms with Crippen LogP contribution in [0.1, 0.15) is 18.4 Å². The molecule has 0 atom stereocenters. The third-order valence-electron chi connectivity index (χ3n) is 2.60. The zero-order valence-corrected chi connectivity index (χ0v) is 9.24. The second kappa shape index (κ2) is 3.08. The molecule has 0 unspecified atom stereocenters. The van der Waals surface area contributed by atoms with Crippen molar-refractivity contribution < 1.29 is 0 Å². The fraction of sp³-hybridized carbons (Fsp3) is 0.400. The van der Waals surface area contributed by atoms with E-state index in [4.69, 9.17) is 0 Å². The van der Waals surface area contributed by atoms with E-state index in [2.05, 4.69) is 52.8 Å². The first kappa shape index (κ1) is 8.64. The van der Waals surface area contributed by atoms with Crippen LogP contribution in [0.5, 0.6) is 0 Å². The monoisotopic (exact) mass is 242 g/mol. The maximum absolute atomic E-state index is 4.40. The summed E-state index contributed by atoms with van der Waals surface area (Å²) in [6, 6.07) is 8.47. The van der Waals surface area contributed by atoms with Gasteiger partial charge in [0.2, 0.25) is 0 Å². The summed E-state index contributed by atoms with van der Waals surface area (Å²) in [5, 5.41) is 0. The quantitative estimate of drug-likeness (QED) is 0.756. The first-order valence-electron chi connectivity index (χ1n) is 4.14. The van der Waals surface area contributed by atoms with Crippen molar-refractivity contribution in [3.05, 3.63) is 34.3 Å². The molecule has 1 aromatic rings. The van der Waals surface area contributed by atoms with E-state index in [9.17, 15) is 0 Å². The topological polar surface area (TPSA) is 0 Å². The normalized spacial score (nSPS) is 19.2. The summed E-state index contributed by atoms with van der Waals surface area (Å²) in [4.78, 5) is 0. The molecule has 1 aromatic carbocycles. The standard InChI is InChI=1S/C10H11BrS/c11-9-4-2-1-3-8(9)10(7-12)5-6-10/h1-4,12H,5-7H2. The molecule has 64 valence electrons. The summed E-state index contributed by atoms with van der Waals surface area (Å²) in [6.45, 7) is 0. The molecule has 0 aromatic heterocycles. The van der Waals surface area contributed by atoms with E-state index in [1.54, 1.807) is 0 Å². The third-order valence-corrected chi connectivity index (χ3v) is 3.90. The molecule has 0 heterocycles. The molecular weight excluding hydrogens is 232 g/mol. The minimum atomic E-state index is 0.392. The van der Waals surface area contributed by atoms with Gasteiger partial charge in [-0.05, 0) is 30.2 Å². The molecule has 1 saturated carbocycles. The van der Waals surface area contributed by atoms with Gasteiger partial charge in [-0.25, -0.2) is 0 Å². The number of thiol groups is 1. The summed E-state index contributed by atoms with van der Waals surface area (Å²) in [5.41, 5.74) is 1.82. The van der Waals surface area contributed by atoms with Crippen LogP contribution in [0.4, 0.5) is 0 Å². The Morgan fingerprint density at radius 1 is 1.33 bits per heavy atom. The first-order chi connectivity index (χ1) is 5.78. The maximum atomic E-state index is 4.40. The Kier molecular flexibility index (Phi) is 2.21. The molecule has 0 amide bonds. The summed E-state index contributed by atoms with van der Waals surface area (Å²) in [7, 11) is 0. The predicted octanol–water partition coefficient (Wildman–Crippen LogP) is 3.41. The highest BCUT2D eigenvalue weighted by atomic mass is 79.9. The van der Waals surface area contributed by atoms with Gasteiger partial charge >= 0.3 is 0 Å². The van der Waals surface area contributed by atoms with E-state index in [1.165, 1.54) is 22.9 Å². The van der Waals surface area contributed by atoms with Crippen LogP contribution in [0.25, 0.3) is 0 Å². The highest BCUT2D eigenvalue weighted by Gasteiger charge is 2.43. The molecule has 12 heavy (non-hydrogen) atoms. The molecule has 2 rings (SSSR count). The Balaban J connectivity index is 2.40. The van der Waals surface area contributed by atoms with Crippen molar-refractivity contribution in [2.45, 2.75) is 18.3 Å². The van der Waals surface area contributed by atoms with Crippen LogP contribution in [0.15, 0.2) is 28.7 Å². The zero-order chi connectivity index (χ0) is 8.60. The lowest BCUT2D eigenvalue weighted by molar-refractivity contribution is 0.800. The SMILES string of the molecule is SCC1(c2ccccc2Br)CC1. The van der Waals surface area contributed by atoms with E-state index >= 15 is 0 Å². The fourth-order valence-corrected chi connectivity index (χ4v) is 2.75. The second-order valence-electron chi connectivity index (χ2n) is 3.42. The smallest absolute Gasteiger partial charge is 0.0213 e. The molecule has 0 spiro atoms. The van der Waals surface area contributed by atoms with E-state index in [0.717, 1.165) is 5.75 Å². The molecule has 0 aliphatic heterocycles. The summed E-state index contributed by atoms with van der Waals surface area (Å²) >= 11 is 7.98. The van der Waals surface area contributed by atoms with Crippen LogP contribution in [-0.4, -0.2) is 5.75 Å². The Bertz CT molecular complexity index is 292. The number of benzene rings is 1. The molecule has 1 aliphatic carbocycles. The van der Waals surface area contributed by atoms with Crippen LogP contribution in [0.2, 0.25) is 0 Å². The van der Waals surface area contributed by atoms with E-state index in [1.807, 2.05) is 0 Å². The lowest BCUT2D eigenvalue weighted by Crippen LogP contribution is -2.08. The second-order valence-corrected chi connectivity index (χ2v) is 4.59. The van der Waals surface area contributed by atoms with Gasteiger partial charge in [-0.1, -0.05) is 34.1 Å². The molecule has 0 radical (unpaired) electrons. The molecule has 0 nitrogen and oxygen atoms in total. The van der Waals surface area contributed by atoms with Crippen molar-refractivity contribution in [1.82, 2.24) is 0 Å². The van der Waals surface area contributed by atoms with Gasteiger partial charge in [-0.3, -0.25) is 0 Å². The van der Waals surface area contributed by atoms with Crippen molar-refractivity contribution in [3.8, 4) is 0 Å².